The summed E-state index contributed by atoms with van der Waals surface area (Å²) in [6.45, 7) is 0. The van der Waals surface area contributed by atoms with Gasteiger partial charge in [0.2, 0.25) is 0 Å². The fraction of sp³-hybridized carbons (Fsp3) is 0.0667. The quantitative estimate of drug-likeness (QED) is 0.712. The number of anilines is 1. The minimum atomic E-state index is -3.31. The first-order valence-corrected chi connectivity index (χ1v) is 10.1. The van der Waals surface area contributed by atoms with Gasteiger partial charge in [-0.25, -0.2) is 13.4 Å². The van der Waals surface area contributed by atoms with E-state index in [4.69, 9.17) is 23.2 Å². The molecule has 2 aromatic carbocycles. The zero-order valence-electron chi connectivity index (χ0n) is 12.2. The lowest BCUT2D eigenvalue weighted by Gasteiger charge is -2.05. The Morgan fingerprint density at radius 2 is 1.83 bits per heavy atom. The van der Waals surface area contributed by atoms with Crippen molar-refractivity contribution in [1.82, 2.24) is 4.98 Å². The summed E-state index contributed by atoms with van der Waals surface area (Å²) in [6.07, 6.45) is 1.14. The maximum atomic E-state index is 12.3. The van der Waals surface area contributed by atoms with Crippen LogP contribution >= 0.6 is 34.5 Å². The van der Waals surface area contributed by atoms with Crippen LogP contribution in [0.4, 0.5) is 5.13 Å². The number of aromatic nitrogens is 1. The van der Waals surface area contributed by atoms with E-state index in [9.17, 15) is 13.2 Å². The number of hydrogen-bond acceptors (Lipinski definition) is 5. The van der Waals surface area contributed by atoms with Gasteiger partial charge in [-0.1, -0.05) is 40.6 Å². The van der Waals surface area contributed by atoms with E-state index in [1.54, 1.807) is 24.3 Å². The van der Waals surface area contributed by atoms with Gasteiger partial charge < -0.3 is 0 Å². The summed E-state index contributed by atoms with van der Waals surface area (Å²) in [7, 11) is -3.31. The molecular weight excluding hydrogens is 391 g/mol. The van der Waals surface area contributed by atoms with Gasteiger partial charge in [0.05, 0.1) is 30.7 Å². The van der Waals surface area contributed by atoms with Gasteiger partial charge in [0, 0.05) is 6.26 Å². The minimum absolute atomic E-state index is 0.164. The van der Waals surface area contributed by atoms with Crippen LogP contribution in [0.2, 0.25) is 10.0 Å². The van der Waals surface area contributed by atoms with E-state index in [0.717, 1.165) is 6.26 Å². The van der Waals surface area contributed by atoms with E-state index >= 15 is 0 Å². The van der Waals surface area contributed by atoms with Crippen molar-refractivity contribution < 1.29 is 13.2 Å². The summed E-state index contributed by atoms with van der Waals surface area (Å²) in [5, 5.41) is 3.44. The van der Waals surface area contributed by atoms with Crippen LogP contribution in [0.5, 0.6) is 0 Å². The average Bonchev–Trinajstić information content (AvgIpc) is 2.87. The summed E-state index contributed by atoms with van der Waals surface area (Å²) >= 11 is 13.2. The molecule has 0 bridgehead atoms. The van der Waals surface area contributed by atoms with Gasteiger partial charge >= 0.3 is 0 Å². The number of sulfone groups is 1. The molecule has 1 aromatic heterocycles. The molecule has 0 atom stereocenters. The highest BCUT2D eigenvalue weighted by Gasteiger charge is 2.17. The Hall–Kier alpha value is -1.67. The fourth-order valence-electron chi connectivity index (χ4n) is 2.06. The number of hydrogen-bond donors (Lipinski definition) is 1. The van der Waals surface area contributed by atoms with Crippen LogP contribution in [0.1, 0.15) is 10.4 Å². The monoisotopic (exact) mass is 400 g/mol. The van der Waals surface area contributed by atoms with Crippen LogP contribution < -0.4 is 5.32 Å². The van der Waals surface area contributed by atoms with Crippen molar-refractivity contribution in [3.63, 3.8) is 0 Å². The summed E-state index contributed by atoms with van der Waals surface area (Å²) in [6, 6.07) is 9.39. The molecule has 1 amide bonds. The van der Waals surface area contributed by atoms with Crippen LogP contribution in [-0.4, -0.2) is 25.6 Å². The Morgan fingerprint density at radius 1 is 1.17 bits per heavy atom. The molecule has 0 spiro atoms. The Balaban J connectivity index is 1.95. The average molecular weight is 401 g/mol. The second kappa shape index (κ2) is 6.33. The number of amides is 1. The third kappa shape index (κ3) is 3.39. The van der Waals surface area contributed by atoms with Crippen LogP contribution in [0.25, 0.3) is 10.2 Å². The van der Waals surface area contributed by atoms with Gasteiger partial charge in [-0.3, -0.25) is 10.1 Å². The molecule has 0 fully saturated rings. The van der Waals surface area contributed by atoms with Gasteiger partial charge in [-0.15, -0.1) is 0 Å². The van der Waals surface area contributed by atoms with Crippen molar-refractivity contribution in [3.05, 3.63) is 52.0 Å². The first kappa shape index (κ1) is 17.2. The van der Waals surface area contributed by atoms with E-state index < -0.39 is 15.7 Å². The molecule has 1 N–H and O–H groups in total. The number of fused-ring (bicyclic) bond motifs is 1. The standard InChI is InChI=1S/C15H10Cl2N2O3S2/c1-24(21,22)8-5-6-11-12(7-8)23-15(18-11)19-14(20)13-9(16)3-2-4-10(13)17/h2-7H,1H3,(H,18,19,20). The summed E-state index contributed by atoms with van der Waals surface area (Å²) in [4.78, 5) is 16.8. The molecule has 5 nitrogen and oxygen atoms in total. The Morgan fingerprint density at radius 3 is 2.46 bits per heavy atom. The zero-order chi connectivity index (χ0) is 17.5. The zero-order valence-corrected chi connectivity index (χ0v) is 15.4. The Bertz CT molecular complexity index is 1040. The smallest absolute Gasteiger partial charge is 0.260 e. The second-order valence-electron chi connectivity index (χ2n) is 4.97. The molecule has 0 saturated carbocycles. The molecule has 9 heteroatoms. The van der Waals surface area contributed by atoms with Gasteiger partial charge in [0.15, 0.2) is 15.0 Å². The van der Waals surface area contributed by atoms with E-state index in [1.165, 1.54) is 23.5 Å². The molecule has 0 aliphatic heterocycles. The number of nitrogens with zero attached hydrogens (tertiary/aromatic N) is 1. The Labute approximate surface area is 152 Å². The highest BCUT2D eigenvalue weighted by Crippen LogP contribution is 2.30. The summed E-state index contributed by atoms with van der Waals surface area (Å²) < 4.78 is 23.9. The van der Waals surface area contributed by atoms with E-state index in [-0.39, 0.29) is 20.5 Å². The first-order chi connectivity index (χ1) is 11.3. The normalized spacial score (nSPS) is 11.6. The van der Waals surface area contributed by atoms with Crippen LogP contribution in [0.15, 0.2) is 41.3 Å². The van der Waals surface area contributed by atoms with E-state index in [0.29, 0.717) is 15.3 Å². The largest absolute Gasteiger partial charge is 0.298 e. The molecular formula is C15H10Cl2N2O3S2. The number of carbonyl (C=O) groups is 1. The van der Waals surface area contributed by atoms with E-state index in [1.807, 2.05) is 0 Å². The lowest BCUT2D eigenvalue weighted by Crippen LogP contribution is -2.12. The molecule has 124 valence electrons. The number of benzene rings is 2. The predicted molar refractivity (Wildman–Crippen MR) is 97.1 cm³/mol. The van der Waals surface area contributed by atoms with Gasteiger partial charge in [0.1, 0.15) is 0 Å². The summed E-state index contributed by atoms with van der Waals surface area (Å²) in [5.41, 5.74) is 0.755. The fourth-order valence-corrected chi connectivity index (χ4v) is 4.25. The van der Waals surface area contributed by atoms with Crippen molar-refractivity contribution in [3.8, 4) is 0 Å². The van der Waals surface area contributed by atoms with Crippen molar-refractivity contribution >= 4 is 65.6 Å². The molecule has 0 radical (unpaired) electrons. The second-order valence-corrected chi connectivity index (χ2v) is 8.83. The SMILES string of the molecule is CS(=O)(=O)c1ccc2nc(NC(=O)c3c(Cl)cccc3Cl)sc2c1. The molecule has 0 saturated heterocycles. The summed E-state index contributed by atoms with van der Waals surface area (Å²) in [5.74, 6) is -0.479. The molecule has 1 heterocycles. The number of rotatable bonds is 3. The molecule has 3 aromatic rings. The van der Waals surface area contributed by atoms with Crippen molar-refractivity contribution in [2.24, 2.45) is 0 Å². The highest BCUT2D eigenvalue weighted by atomic mass is 35.5. The van der Waals surface area contributed by atoms with E-state index in [2.05, 4.69) is 10.3 Å². The Kier molecular flexibility index (Phi) is 4.52. The minimum Gasteiger partial charge on any atom is -0.298 e. The predicted octanol–water partition coefficient (Wildman–Crippen LogP) is 4.26. The molecule has 0 aliphatic rings. The lowest BCUT2D eigenvalue weighted by molar-refractivity contribution is 0.102. The van der Waals surface area contributed by atoms with Crippen LogP contribution in [-0.2, 0) is 9.84 Å². The number of halogens is 2. The van der Waals surface area contributed by atoms with Gasteiger partial charge in [-0.2, -0.15) is 0 Å². The third-order valence-corrected chi connectivity index (χ3v) is 5.87. The number of nitrogens with one attached hydrogen (secondary N) is 1. The maximum absolute atomic E-state index is 12.3. The number of carbonyl (C=O) groups excluding carboxylic acids is 1. The molecule has 3 rings (SSSR count). The van der Waals surface area contributed by atoms with Crippen molar-refractivity contribution in [1.29, 1.82) is 0 Å². The number of thiazole rings is 1. The van der Waals surface area contributed by atoms with Gasteiger partial charge in [-0.05, 0) is 30.3 Å². The van der Waals surface area contributed by atoms with Crippen LogP contribution in [0, 0.1) is 0 Å². The molecule has 24 heavy (non-hydrogen) atoms. The van der Waals surface area contributed by atoms with Gasteiger partial charge in [0.25, 0.3) is 5.91 Å². The van der Waals surface area contributed by atoms with Crippen molar-refractivity contribution in [2.75, 3.05) is 11.6 Å². The lowest BCUT2D eigenvalue weighted by atomic mass is 10.2. The highest BCUT2D eigenvalue weighted by molar-refractivity contribution is 7.90. The third-order valence-electron chi connectivity index (χ3n) is 3.20. The van der Waals surface area contributed by atoms with Crippen molar-refractivity contribution in [2.45, 2.75) is 4.90 Å². The first-order valence-electron chi connectivity index (χ1n) is 6.62. The topological polar surface area (TPSA) is 76.1 Å². The molecule has 0 unspecified atom stereocenters. The van der Waals surface area contributed by atoms with Crippen LogP contribution in [0.3, 0.4) is 0 Å². The molecule has 0 aliphatic carbocycles. The maximum Gasteiger partial charge on any atom is 0.260 e.